The third kappa shape index (κ3) is 5.90. The summed E-state index contributed by atoms with van der Waals surface area (Å²) in [6.45, 7) is 1.01. The first-order valence-electron chi connectivity index (χ1n) is 11.0. The SMILES string of the molecule is O=C(CCCN1C(=O)c2ccccc2C1=O)NCCNC(=O)CCC1CCCCC1. The van der Waals surface area contributed by atoms with Crippen LogP contribution in [0.2, 0.25) is 0 Å². The fraction of sp³-hybridized carbons (Fsp3) is 0.565. The van der Waals surface area contributed by atoms with E-state index in [9.17, 15) is 19.2 Å². The molecule has 1 fully saturated rings. The topological polar surface area (TPSA) is 95.6 Å². The first-order valence-corrected chi connectivity index (χ1v) is 11.0. The van der Waals surface area contributed by atoms with Crippen molar-refractivity contribution in [2.45, 2.75) is 57.8 Å². The molecule has 1 aliphatic carbocycles. The highest BCUT2D eigenvalue weighted by atomic mass is 16.2. The van der Waals surface area contributed by atoms with Gasteiger partial charge in [0.15, 0.2) is 0 Å². The summed E-state index contributed by atoms with van der Waals surface area (Å²) in [6.07, 6.45) is 8.51. The van der Waals surface area contributed by atoms with E-state index < -0.39 is 0 Å². The minimum Gasteiger partial charge on any atom is -0.354 e. The van der Waals surface area contributed by atoms with E-state index in [4.69, 9.17) is 0 Å². The molecule has 0 saturated heterocycles. The van der Waals surface area contributed by atoms with E-state index in [2.05, 4.69) is 10.6 Å². The van der Waals surface area contributed by atoms with E-state index in [1.165, 1.54) is 37.0 Å². The number of nitrogens with one attached hydrogen (secondary N) is 2. The van der Waals surface area contributed by atoms with Gasteiger partial charge in [-0.15, -0.1) is 0 Å². The van der Waals surface area contributed by atoms with Gasteiger partial charge < -0.3 is 10.6 Å². The molecule has 7 nitrogen and oxygen atoms in total. The van der Waals surface area contributed by atoms with Crippen molar-refractivity contribution < 1.29 is 19.2 Å². The standard InChI is InChI=1S/C23H31N3O4/c27-20(24-14-15-25-21(28)13-12-17-7-2-1-3-8-17)11-6-16-26-22(29)18-9-4-5-10-19(18)23(26)30/h4-5,9-10,17H,1-3,6-8,11-16H2,(H,24,27)(H,25,28). The zero-order valence-electron chi connectivity index (χ0n) is 17.5. The molecule has 0 radical (unpaired) electrons. The minimum absolute atomic E-state index is 0.0421. The lowest BCUT2D eigenvalue weighted by molar-refractivity contribution is -0.123. The number of fused-ring (bicyclic) bond motifs is 1. The highest BCUT2D eigenvalue weighted by Crippen LogP contribution is 2.27. The maximum Gasteiger partial charge on any atom is 0.261 e. The predicted molar refractivity (Wildman–Crippen MR) is 113 cm³/mol. The molecule has 3 rings (SSSR count). The van der Waals surface area contributed by atoms with Gasteiger partial charge in [0.1, 0.15) is 0 Å². The molecule has 7 heteroatoms. The highest BCUT2D eigenvalue weighted by Gasteiger charge is 2.34. The van der Waals surface area contributed by atoms with E-state index in [-0.39, 0.29) is 36.6 Å². The second-order valence-electron chi connectivity index (χ2n) is 8.15. The number of nitrogens with zero attached hydrogens (tertiary/aromatic N) is 1. The zero-order chi connectivity index (χ0) is 21.3. The Balaban J connectivity index is 1.25. The van der Waals surface area contributed by atoms with Gasteiger partial charge in [-0.3, -0.25) is 24.1 Å². The number of amides is 4. The first-order chi connectivity index (χ1) is 14.6. The molecule has 1 aromatic carbocycles. The van der Waals surface area contributed by atoms with Gasteiger partial charge in [-0.05, 0) is 30.9 Å². The van der Waals surface area contributed by atoms with Crippen LogP contribution >= 0.6 is 0 Å². The van der Waals surface area contributed by atoms with E-state index in [0.717, 1.165) is 6.42 Å². The molecule has 0 bridgehead atoms. The molecule has 1 aromatic rings. The average Bonchev–Trinajstić information content (AvgIpc) is 3.01. The molecule has 0 spiro atoms. The Morgan fingerprint density at radius 2 is 1.43 bits per heavy atom. The van der Waals surface area contributed by atoms with Gasteiger partial charge in [0.05, 0.1) is 11.1 Å². The molecule has 1 saturated carbocycles. The Morgan fingerprint density at radius 3 is 2.03 bits per heavy atom. The van der Waals surface area contributed by atoms with E-state index in [0.29, 0.717) is 43.0 Å². The van der Waals surface area contributed by atoms with Crippen LogP contribution < -0.4 is 10.6 Å². The van der Waals surface area contributed by atoms with Crippen LogP contribution in [0.25, 0.3) is 0 Å². The van der Waals surface area contributed by atoms with Crippen molar-refractivity contribution in [1.82, 2.24) is 15.5 Å². The van der Waals surface area contributed by atoms with Crippen LogP contribution in [-0.2, 0) is 9.59 Å². The van der Waals surface area contributed by atoms with Gasteiger partial charge >= 0.3 is 0 Å². The molecule has 2 N–H and O–H groups in total. The summed E-state index contributed by atoms with van der Waals surface area (Å²) in [4.78, 5) is 49.6. The third-order valence-corrected chi connectivity index (χ3v) is 5.94. The van der Waals surface area contributed by atoms with Gasteiger partial charge in [0.25, 0.3) is 11.8 Å². The lowest BCUT2D eigenvalue weighted by Crippen LogP contribution is -2.35. The lowest BCUT2D eigenvalue weighted by atomic mass is 9.86. The van der Waals surface area contributed by atoms with Crippen molar-refractivity contribution in [3.05, 3.63) is 35.4 Å². The van der Waals surface area contributed by atoms with Crippen molar-refractivity contribution in [3.63, 3.8) is 0 Å². The fourth-order valence-electron chi connectivity index (χ4n) is 4.23. The van der Waals surface area contributed by atoms with Crippen LogP contribution in [0, 0.1) is 5.92 Å². The smallest absolute Gasteiger partial charge is 0.261 e. The second kappa shape index (κ2) is 10.9. The van der Waals surface area contributed by atoms with Gasteiger partial charge in [0, 0.05) is 32.5 Å². The van der Waals surface area contributed by atoms with Crippen molar-refractivity contribution in [1.29, 1.82) is 0 Å². The summed E-state index contributed by atoms with van der Waals surface area (Å²) in [5.74, 6) is -0.0197. The molecule has 162 valence electrons. The zero-order valence-corrected chi connectivity index (χ0v) is 17.5. The minimum atomic E-state index is -0.299. The summed E-state index contributed by atoms with van der Waals surface area (Å²) < 4.78 is 0. The van der Waals surface area contributed by atoms with Crippen LogP contribution in [0.3, 0.4) is 0 Å². The maximum absolute atomic E-state index is 12.3. The van der Waals surface area contributed by atoms with Gasteiger partial charge in [-0.2, -0.15) is 0 Å². The quantitative estimate of drug-likeness (QED) is 0.455. The Hall–Kier alpha value is -2.70. The van der Waals surface area contributed by atoms with Crippen molar-refractivity contribution in [2.75, 3.05) is 19.6 Å². The van der Waals surface area contributed by atoms with Crippen LogP contribution in [0.5, 0.6) is 0 Å². The van der Waals surface area contributed by atoms with Crippen LogP contribution in [0.15, 0.2) is 24.3 Å². The molecular weight excluding hydrogens is 382 g/mol. The van der Waals surface area contributed by atoms with Gasteiger partial charge in [0.2, 0.25) is 11.8 Å². The molecule has 1 aliphatic heterocycles. The van der Waals surface area contributed by atoms with E-state index >= 15 is 0 Å². The molecule has 0 aromatic heterocycles. The molecular formula is C23H31N3O4. The van der Waals surface area contributed by atoms with Crippen molar-refractivity contribution >= 4 is 23.6 Å². The summed E-state index contributed by atoms with van der Waals surface area (Å²) in [6, 6.07) is 6.75. The largest absolute Gasteiger partial charge is 0.354 e. The number of rotatable bonds is 10. The Kier molecular flexibility index (Phi) is 7.99. The summed E-state index contributed by atoms with van der Waals surface area (Å²) >= 11 is 0. The Labute approximate surface area is 177 Å². The molecule has 4 amide bonds. The average molecular weight is 414 g/mol. The van der Waals surface area contributed by atoms with E-state index in [1.807, 2.05) is 0 Å². The Bertz CT molecular complexity index is 751. The fourth-order valence-corrected chi connectivity index (χ4v) is 4.23. The van der Waals surface area contributed by atoms with Crippen molar-refractivity contribution in [3.8, 4) is 0 Å². The second-order valence-corrected chi connectivity index (χ2v) is 8.15. The number of carbonyl (C=O) groups excluding carboxylic acids is 4. The maximum atomic E-state index is 12.3. The molecule has 0 atom stereocenters. The summed E-state index contributed by atoms with van der Waals surface area (Å²) in [5.41, 5.74) is 0.845. The normalized spacial score (nSPS) is 16.5. The molecule has 1 heterocycles. The lowest BCUT2D eigenvalue weighted by Gasteiger charge is -2.21. The van der Waals surface area contributed by atoms with Crippen LogP contribution in [-0.4, -0.2) is 48.2 Å². The monoisotopic (exact) mass is 413 g/mol. The Morgan fingerprint density at radius 1 is 0.867 bits per heavy atom. The third-order valence-electron chi connectivity index (χ3n) is 5.94. The van der Waals surface area contributed by atoms with Crippen molar-refractivity contribution in [2.24, 2.45) is 5.92 Å². The summed E-state index contributed by atoms with van der Waals surface area (Å²) in [7, 11) is 0. The number of imide groups is 1. The van der Waals surface area contributed by atoms with Gasteiger partial charge in [-0.1, -0.05) is 44.2 Å². The molecule has 0 unspecified atom stereocenters. The van der Waals surface area contributed by atoms with Crippen LogP contribution in [0.4, 0.5) is 0 Å². The number of carbonyl (C=O) groups is 4. The van der Waals surface area contributed by atoms with Crippen LogP contribution in [0.1, 0.15) is 78.5 Å². The molecule has 2 aliphatic rings. The van der Waals surface area contributed by atoms with Gasteiger partial charge in [-0.25, -0.2) is 0 Å². The number of hydrogen-bond acceptors (Lipinski definition) is 4. The number of hydrogen-bond donors (Lipinski definition) is 2. The molecule has 30 heavy (non-hydrogen) atoms. The summed E-state index contributed by atoms with van der Waals surface area (Å²) in [5, 5.41) is 5.62. The highest BCUT2D eigenvalue weighted by molar-refractivity contribution is 6.21. The predicted octanol–water partition coefficient (Wildman–Crippen LogP) is 2.66. The number of benzene rings is 1. The van der Waals surface area contributed by atoms with E-state index in [1.54, 1.807) is 24.3 Å². The first kappa shape index (κ1) is 22.0.